The Kier molecular flexibility index (Phi) is 5.08. The van der Waals surface area contributed by atoms with Crippen molar-refractivity contribution in [2.24, 2.45) is 0 Å². The lowest BCUT2D eigenvalue weighted by Gasteiger charge is -2.08. The Balaban J connectivity index is 1.16. The third-order valence-corrected chi connectivity index (χ3v) is 11.5. The van der Waals surface area contributed by atoms with Crippen LogP contribution in [0.3, 0.4) is 0 Å². The Morgan fingerprint density at radius 3 is 2.06 bits per heavy atom. The maximum atomic E-state index is 9.65. The van der Waals surface area contributed by atoms with Crippen molar-refractivity contribution >= 4 is 85.0 Å². The minimum Gasteiger partial charge on any atom is -0.456 e. The number of hydrogen-bond donors (Lipinski definition) is 0. The van der Waals surface area contributed by atoms with E-state index in [1.807, 2.05) is 103 Å². The molecule has 0 unspecified atom stereocenters. The van der Waals surface area contributed by atoms with Gasteiger partial charge in [-0.05, 0) is 59.6 Å². The van der Waals surface area contributed by atoms with Crippen molar-refractivity contribution < 1.29 is 12.6 Å². The average Bonchev–Trinajstić information content (AvgIpc) is 3.94. The van der Waals surface area contributed by atoms with Gasteiger partial charge in [-0.1, -0.05) is 103 Å². The Labute approximate surface area is 308 Å². The first-order valence-corrected chi connectivity index (χ1v) is 18.0. The van der Waals surface area contributed by atoms with E-state index < -0.39 is 0 Å². The Morgan fingerprint density at radius 1 is 0.451 bits per heavy atom. The quantitative estimate of drug-likeness (QED) is 0.184. The smallest absolute Gasteiger partial charge is 0.164 e. The van der Waals surface area contributed by atoms with Gasteiger partial charge in [0.1, 0.15) is 11.2 Å². The minimum absolute atomic E-state index is 0.0613. The zero-order valence-corrected chi connectivity index (χ0v) is 28.2. The van der Waals surface area contributed by atoms with E-state index in [4.69, 9.17) is 23.5 Å². The normalized spacial score (nSPS) is 13.6. The molecule has 238 valence electrons. The minimum atomic E-state index is -0.272. The highest BCUT2D eigenvalue weighted by Gasteiger charge is 2.17. The molecule has 0 N–H and O–H groups in total. The topological polar surface area (TPSA) is 51.8 Å². The van der Waals surface area contributed by atoms with Crippen LogP contribution in [0.5, 0.6) is 0 Å². The molecule has 0 spiro atoms. The highest BCUT2D eigenvalue weighted by Crippen LogP contribution is 2.43. The molecule has 4 heterocycles. The van der Waals surface area contributed by atoms with Gasteiger partial charge in [0, 0.05) is 67.8 Å². The number of thiophene rings is 2. The van der Waals surface area contributed by atoms with E-state index in [1.54, 1.807) is 11.3 Å². The maximum Gasteiger partial charge on any atom is 0.164 e. The number of furan rings is 1. The first kappa shape index (κ1) is 23.2. The monoisotopic (exact) mass is 693 g/mol. The van der Waals surface area contributed by atoms with Gasteiger partial charge < -0.3 is 4.42 Å². The molecule has 11 aromatic rings. The van der Waals surface area contributed by atoms with Crippen molar-refractivity contribution in [3.63, 3.8) is 0 Å². The third kappa shape index (κ3) is 4.61. The van der Waals surface area contributed by atoms with Gasteiger partial charge in [-0.3, -0.25) is 0 Å². The summed E-state index contributed by atoms with van der Waals surface area (Å²) in [4.78, 5) is 14.6. The molecule has 0 radical (unpaired) electrons. The maximum absolute atomic E-state index is 9.65. The van der Waals surface area contributed by atoms with Gasteiger partial charge in [0.25, 0.3) is 0 Å². The summed E-state index contributed by atoms with van der Waals surface area (Å²) < 4.78 is 64.7. The summed E-state index contributed by atoms with van der Waals surface area (Å²) in [5.74, 6) is 0.749. The van der Waals surface area contributed by atoms with Gasteiger partial charge >= 0.3 is 0 Å². The average molecular weight is 694 g/mol. The lowest BCUT2D eigenvalue weighted by Crippen LogP contribution is -2.00. The van der Waals surface area contributed by atoms with E-state index >= 15 is 0 Å². The zero-order chi connectivity index (χ0) is 38.7. The predicted molar refractivity (Wildman–Crippen MR) is 215 cm³/mol. The third-order valence-electron chi connectivity index (χ3n) is 9.25. The van der Waals surface area contributed by atoms with Crippen LogP contribution in [0, 0.1) is 0 Å². The fraction of sp³-hybridized carbons (Fsp3) is 0. The van der Waals surface area contributed by atoms with Gasteiger partial charge in [0.15, 0.2) is 17.5 Å². The van der Waals surface area contributed by atoms with E-state index in [2.05, 4.69) is 12.1 Å². The second kappa shape index (κ2) is 11.2. The summed E-state index contributed by atoms with van der Waals surface area (Å²) in [6.45, 7) is 0. The molecule has 11 rings (SSSR count). The first-order chi connectivity index (χ1) is 27.7. The number of hydrogen-bond acceptors (Lipinski definition) is 6. The molecule has 0 bridgehead atoms. The van der Waals surface area contributed by atoms with Crippen LogP contribution in [0.15, 0.2) is 156 Å². The van der Waals surface area contributed by atoms with Crippen LogP contribution in [0.1, 0.15) is 8.22 Å². The standard InChI is InChI=1S/C45H25N3OS2/c1-2-9-26(10-3-1)43-46-44(28-18-21-38-35(24-28)31-11-4-6-15-37(31)49-38)48-45(47-43)29-17-20-33-34-14-8-13-30(42(34)51-41(33)25-29)27-19-22-40-36(23-27)32-12-5-7-16-39(32)50-40/h1-25H/i8D,13D,14D,17D,20D,25D. The van der Waals surface area contributed by atoms with Crippen molar-refractivity contribution in [3.8, 4) is 45.3 Å². The van der Waals surface area contributed by atoms with Crippen LogP contribution in [0.25, 0.3) is 108 Å². The Hall–Kier alpha value is -6.21. The molecule has 0 amide bonds. The van der Waals surface area contributed by atoms with Crippen LogP contribution in [-0.4, -0.2) is 15.0 Å². The van der Waals surface area contributed by atoms with E-state index in [-0.39, 0.29) is 53.0 Å². The van der Waals surface area contributed by atoms with Gasteiger partial charge in [-0.25, -0.2) is 15.0 Å². The molecule has 0 aliphatic heterocycles. The van der Waals surface area contributed by atoms with Crippen molar-refractivity contribution in [2.45, 2.75) is 0 Å². The van der Waals surface area contributed by atoms with Crippen molar-refractivity contribution in [2.75, 3.05) is 0 Å². The summed E-state index contributed by atoms with van der Waals surface area (Å²) in [7, 11) is 0. The fourth-order valence-electron chi connectivity index (χ4n) is 6.81. The van der Waals surface area contributed by atoms with Crippen LogP contribution in [0.4, 0.5) is 0 Å². The molecule has 51 heavy (non-hydrogen) atoms. The Morgan fingerprint density at radius 2 is 1.16 bits per heavy atom. The number of rotatable bonds is 4. The molecule has 0 fully saturated rings. The van der Waals surface area contributed by atoms with Gasteiger partial charge in [0.05, 0.1) is 8.22 Å². The lowest BCUT2D eigenvalue weighted by molar-refractivity contribution is 0.669. The van der Waals surface area contributed by atoms with E-state index in [9.17, 15) is 4.11 Å². The number of aromatic nitrogens is 3. The summed E-state index contributed by atoms with van der Waals surface area (Å²) in [5, 5.41) is 4.50. The number of nitrogens with zero attached hydrogens (tertiary/aromatic N) is 3. The summed E-state index contributed by atoms with van der Waals surface area (Å²) >= 11 is 2.89. The lowest BCUT2D eigenvalue weighted by atomic mass is 10.0. The number of fused-ring (bicyclic) bond motifs is 9. The summed E-state index contributed by atoms with van der Waals surface area (Å²) in [6, 6.07) is 36.0. The molecule has 4 nitrogen and oxygen atoms in total. The molecule has 0 saturated heterocycles. The highest BCUT2D eigenvalue weighted by atomic mass is 32.1. The molecular weight excluding hydrogens is 663 g/mol. The summed E-state index contributed by atoms with van der Waals surface area (Å²) in [6.07, 6.45) is 0. The van der Waals surface area contributed by atoms with Gasteiger partial charge in [-0.15, -0.1) is 22.7 Å². The molecule has 0 aliphatic carbocycles. The van der Waals surface area contributed by atoms with E-state index in [0.29, 0.717) is 48.7 Å². The zero-order valence-electron chi connectivity index (χ0n) is 32.5. The molecule has 6 heteroatoms. The van der Waals surface area contributed by atoms with E-state index in [0.717, 1.165) is 42.1 Å². The molecule has 7 aromatic carbocycles. The molecule has 0 atom stereocenters. The second-order valence-electron chi connectivity index (χ2n) is 12.3. The van der Waals surface area contributed by atoms with Gasteiger partial charge in [-0.2, -0.15) is 0 Å². The van der Waals surface area contributed by atoms with Crippen molar-refractivity contribution in [1.29, 1.82) is 0 Å². The van der Waals surface area contributed by atoms with Crippen LogP contribution < -0.4 is 0 Å². The SMILES string of the molecule is [2H]c1c([2H])c([2H])c2c(sc3c([2H])c(-c4nc(-c5ccccc5)nc(-c5ccc6oc7ccccc7c6c5)n4)c([2H])c([2H])c32)c1-c1ccc2sc3ccccc3c2c1. The Bertz CT molecular complexity index is 3510. The van der Waals surface area contributed by atoms with Crippen LogP contribution in [-0.2, 0) is 0 Å². The predicted octanol–water partition coefficient (Wildman–Crippen LogP) is 13.2. The molecule has 0 aliphatic rings. The van der Waals surface area contributed by atoms with Crippen LogP contribution >= 0.6 is 22.7 Å². The molecule has 4 aromatic heterocycles. The van der Waals surface area contributed by atoms with E-state index in [1.165, 1.54) is 11.3 Å². The second-order valence-corrected chi connectivity index (χ2v) is 14.4. The summed E-state index contributed by atoms with van der Waals surface area (Å²) in [5.41, 5.74) is 4.12. The number of para-hydroxylation sites is 1. The van der Waals surface area contributed by atoms with Crippen LogP contribution in [0.2, 0.25) is 0 Å². The largest absolute Gasteiger partial charge is 0.456 e. The number of benzene rings is 7. The molecular formula is C45H25N3OS2. The fourth-order valence-corrected chi connectivity index (χ4v) is 9.04. The van der Waals surface area contributed by atoms with Crippen molar-refractivity contribution in [3.05, 3.63) is 152 Å². The van der Waals surface area contributed by atoms with Gasteiger partial charge in [0.2, 0.25) is 0 Å². The highest BCUT2D eigenvalue weighted by molar-refractivity contribution is 7.26. The molecule has 0 saturated carbocycles. The first-order valence-electron chi connectivity index (χ1n) is 19.4. The van der Waals surface area contributed by atoms with Crippen molar-refractivity contribution in [1.82, 2.24) is 15.0 Å².